The Morgan fingerprint density at radius 2 is 1.67 bits per heavy atom. The highest BCUT2D eigenvalue weighted by atomic mass is 19.1. The minimum Gasteiger partial charge on any atom is -0.494 e. The van der Waals surface area contributed by atoms with Crippen LogP contribution in [0.5, 0.6) is 17.2 Å². The molecule has 0 bridgehead atoms. The molecular weight excluding hydrogens is 558 g/mol. The highest BCUT2D eigenvalue weighted by molar-refractivity contribution is 5.94. The number of carboxylic acid groups (broad SMARTS) is 1. The summed E-state index contributed by atoms with van der Waals surface area (Å²) >= 11 is 0. The predicted octanol–water partition coefficient (Wildman–Crippen LogP) is 5.74. The molecule has 1 fully saturated rings. The van der Waals surface area contributed by atoms with E-state index in [9.17, 15) is 19.1 Å². The van der Waals surface area contributed by atoms with Crippen LogP contribution in [-0.2, 0) is 22.4 Å². The second-order valence-electron chi connectivity index (χ2n) is 10.7. The van der Waals surface area contributed by atoms with Crippen molar-refractivity contribution in [3.8, 4) is 17.2 Å². The van der Waals surface area contributed by atoms with Crippen molar-refractivity contribution >= 4 is 17.6 Å². The van der Waals surface area contributed by atoms with E-state index in [1.807, 2.05) is 13.8 Å². The lowest BCUT2D eigenvalue weighted by molar-refractivity contribution is -0.143. The van der Waals surface area contributed by atoms with Gasteiger partial charge in [0, 0.05) is 29.8 Å². The Labute approximate surface area is 249 Å². The number of aliphatic carboxylic acids is 1. The second-order valence-corrected chi connectivity index (χ2v) is 10.7. The number of likely N-dealkylation sites (tertiary alicyclic amines) is 1. The van der Waals surface area contributed by atoms with Crippen molar-refractivity contribution in [3.63, 3.8) is 0 Å². The fourth-order valence-corrected chi connectivity index (χ4v) is 6.20. The van der Waals surface area contributed by atoms with Crippen LogP contribution in [0.25, 0.3) is 0 Å². The number of carbonyl (C=O) groups excluding carboxylic acids is 1. The first kappa shape index (κ1) is 30.3. The summed E-state index contributed by atoms with van der Waals surface area (Å²) < 4.78 is 46.7. The van der Waals surface area contributed by atoms with Gasteiger partial charge in [-0.15, -0.1) is 0 Å². The molecule has 0 aromatic heterocycles. The van der Waals surface area contributed by atoms with E-state index in [2.05, 4.69) is 5.32 Å². The van der Waals surface area contributed by atoms with Gasteiger partial charge in [-0.3, -0.25) is 14.5 Å². The van der Waals surface area contributed by atoms with Crippen LogP contribution in [0.4, 0.5) is 14.5 Å². The zero-order chi connectivity index (χ0) is 30.7. The summed E-state index contributed by atoms with van der Waals surface area (Å²) in [5.74, 6) is -2.74. The molecule has 3 aromatic carbocycles. The fraction of sp³-hybridized carbons (Fsp3) is 0.394. The van der Waals surface area contributed by atoms with Gasteiger partial charge in [0.1, 0.15) is 30.6 Å². The lowest BCUT2D eigenvalue weighted by Gasteiger charge is -2.27. The van der Waals surface area contributed by atoms with Crippen molar-refractivity contribution in [2.75, 3.05) is 38.2 Å². The molecule has 1 amide bonds. The van der Waals surface area contributed by atoms with E-state index in [-0.39, 0.29) is 24.5 Å². The Hall–Kier alpha value is -4.18. The number of halogens is 2. The van der Waals surface area contributed by atoms with Crippen LogP contribution in [0.1, 0.15) is 55.0 Å². The van der Waals surface area contributed by atoms with E-state index in [1.165, 1.54) is 24.3 Å². The Morgan fingerprint density at radius 1 is 0.977 bits per heavy atom. The van der Waals surface area contributed by atoms with Gasteiger partial charge in [-0.25, -0.2) is 8.78 Å². The number of nitrogens with zero attached hydrogens (tertiary/aromatic N) is 1. The molecule has 2 heterocycles. The molecule has 228 valence electrons. The molecule has 3 atom stereocenters. The number of anilines is 1. The molecular formula is C33H36F2N2O6. The summed E-state index contributed by atoms with van der Waals surface area (Å²) in [6, 6.07) is 11.5. The predicted molar refractivity (Wildman–Crippen MR) is 157 cm³/mol. The fourth-order valence-electron chi connectivity index (χ4n) is 6.20. The number of amides is 1. The summed E-state index contributed by atoms with van der Waals surface area (Å²) in [5.41, 5.74) is 2.74. The molecule has 2 N–H and O–H groups in total. The third kappa shape index (κ3) is 6.29. The number of ether oxygens (including phenoxy) is 3. The third-order valence-electron chi connectivity index (χ3n) is 8.12. The van der Waals surface area contributed by atoms with Crippen LogP contribution in [0.15, 0.2) is 48.5 Å². The molecule has 2 aliphatic heterocycles. The number of aryl methyl sites for hydroxylation is 2. The number of fused-ring (bicyclic) bond motifs is 1. The quantitative estimate of drug-likeness (QED) is 0.309. The van der Waals surface area contributed by atoms with E-state index >= 15 is 4.39 Å². The van der Waals surface area contributed by atoms with Gasteiger partial charge in [-0.05, 0) is 66.8 Å². The minimum absolute atomic E-state index is 0.161. The van der Waals surface area contributed by atoms with Crippen LogP contribution in [0.2, 0.25) is 0 Å². The SMILES string of the molecule is CCOc1ccc([C@H]2C(C(=O)O)[C@@H](c3ccc4c(c3)OCCO4)CN2CC(=O)Nc2c(CC)cc(F)cc2CC)c(F)c1. The highest BCUT2D eigenvalue weighted by Crippen LogP contribution is 2.48. The van der Waals surface area contributed by atoms with E-state index in [1.54, 1.807) is 36.1 Å². The number of hydrogen-bond donors (Lipinski definition) is 2. The monoisotopic (exact) mass is 594 g/mol. The zero-order valence-electron chi connectivity index (χ0n) is 24.5. The first-order valence-electron chi connectivity index (χ1n) is 14.6. The van der Waals surface area contributed by atoms with Crippen molar-refractivity contribution in [2.45, 2.75) is 45.6 Å². The average Bonchev–Trinajstić information content (AvgIpc) is 3.36. The van der Waals surface area contributed by atoms with E-state index in [0.29, 0.717) is 72.3 Å². The highest BCUT2D eigenvalue weighted by Gasteiger charge is 2.49. The van der Waals surface area contributed by atoms with E-state index < -0.39 is 35.6 Å². The first-order chi connectivity index (χ1) is 20.7. The topological polar surface area (TPSA) is 97.3 Å². The molecule has 5 rings (SSSR count). The second kappa shape index (κ2) is 13.0. The third-order valence-corrected chi connectivity index (χ3v) is 8.12. The summed E-state index contributed by atoms with van der Waals surface area (Å²) in [5, 5.41) is 13.5. The van der Waals surface area contributed by atoms with E-state index in [0.717, 1.165) is 0 Å². The van der Waals surface area contributed by atoms with Crippen LogP contribution < -0.4 is 19.5 Å². The normalized spacial score (nSPS) is 19.7. The number of rotatable bonds is 10. The summed E-state index contributed by atoms with van der Waals surface area (Å²) in [6.45, 7) is 6.66. The molecule has 0 aliphatic carbocycles. The average molecular weight is 595 g/mol. The number of benzene rings is 3. The number of nitrogens with one attached hydrogen (secondary N) is 1. The summed E-state index contributed by atoms with van der Waals surface area (Å²) in [4.78, 5) is 28.2. The van der Waals surface area contributed by atoms with Gasteiger partial charge in [0.15, 0.2) is 11.5 Å². The maximum Gasteiger partial charge on any atom is 0.309 e. The Balaban J connectivity index is 1.52. The molecule has 43 heavy (non-hydrogen) atoms. The standard InChI is InChI=1S/C33H36F2N2O6/c1-4-19-13-22(34)14-20(5-2)31(19)36-29(38)18-37-17-25(21-7-10-27-28(15-21)43-12-11-42-27)30(33(39)40)32(37)24-9-8-23(41-6-3)16-26(24)35/h7-10,13-16,25,30,32H,4-6,11-12,17-18H2,1-3H3,(H,36,38)(H,39,40)/t25-,30?,32+/m1/s1. The number of carbonyl (C=O) groups is 2. The number of hydrogen-bond acceptors (Lipinski definition) is 6. The van der Waals surface area contributed by atoms with E-state index in [4.69, 9.17) is 14.2 Å². The molecule has 0 spiro atoms. The molecule has 1 unspecified atom stereocenters. The van der Waals surface area contributed by atoms with Gasteiger partial charge in [0.05, 0.1) is 25.1 Å². The molecule has 0 radical (unpaired) electrons. The lowest BCUT2D eigenvalue weighted by Crippen LogP contribution is -2.36. The van der Waals surface area contributed by atoms with Crippen molar-refractivity contribution in [1.82, 2.24) is 4.90 Å². The van der Waals surface area contributed by atoms with Crippen molar-refractivity contribution < 1.29 is 37.7 Å². The molecule has 2 aliphatic rings. The Bertz CT molecular complexity index is 1490. The van der Waals surface area contributed by atoms with Crippen LogP contribution in [-0.4, -0.2) is 54.8 Å². The van der Waals surface area contributed by atoms with Gasteiger partial charge < -0.3 is 24.6 Å². The van der Waals surface area contributed by atoms with Crippen LogP contribution in [0.3, 0.4) is 0 Å². The maximum absolute atomic E-state index is 15.6. The van der Waals surface area contributed by atoms with Crippen molar-refractivity contribution in [2.24, 2.45) is 5.92 Å². The largest absolute Gasteiger partial charge is 0.494 e. The molecule has 8 nitrogen and oxygen atoms in total. The number of carboxylic acids is 1. The smallest absolute Gasteiger partial charge is 0.309 e. The van der Waals surface area contributed by atoms with Crippen molar-refractivity contribution in [3.05, 3.63) is 82.4 Å². The lowest BCUT2D eigenvalue weighted by atomic mass is 9.82. The first-order valence-corrected chi connectivity index (χ1v) is 14.6. The van der Waals surface area contributed by atoms with Crippen LogP contribution in [0, 0.1) is 17.6 Å². The van der Waals surface area contributed by atoms with Gasteiger partial charge in [0.25, 0.3) is 0 Å². The molecule has 10 heteroatoms. The minimum atomic E-state index is -1.11. The zero-order valence-corrected chi connectivity index (χ0v) is 24.5. The molecule has 3 aromatic rings. The summed E-state index contributed by atoms with van der Waals surface area (Å²) in [6.07, 6.45) is 1.02. The maximum atomic E-state index is 15.6. The Kier molecular flexibility index (Phi) is 9.15. The Morgan fingerprint density at radius 3 is 2.30 bits per heavy atom. The van der Waals surface area contributed by atoms with Gasteiger partial charge >= 0.3 is 5.97 Å². The van der Waals surface area contributed by atoms with Gasteiger partial charge in [-0.1, -0.05) is 26.0 Å². The van der Waals surface area contributed by atoms with Crippen molar-refractivity contribution in [1.29, 1.82) is 0 Å². The van der Waals surface area contributed by atoms with Gasteiger partial charge in [0.2, 0.25) is 5.91 Å². The van der Waals surface area contributed by atoms with Crippen LogP contribution >= 0.6 is 0 Å². The summed E-state index contributed by atoms with van der Waals surface area (Å²) in [7, 11) is 0. The molecule has 0 saturated carbocycles. The molecule has 1 saturated heterocycles. The van der Waals surface area contributed by atoms with Gasteiger partial charge in [-0.2, -0.15) is 0 Å².